The molecule has 0 bridgehead atoms. The number of nitrogens with zero attached hydrogens (tertiary/aromatic N) is 1. The highest BCUT2D eigenvalue weighted by Crippen LogP contribution is 2.27. The van der Waals surface area contributed by atoms with Gasteiger partial charge in [0, 0.05) is 17.2 Å². The largest absolute Gasteiger partial charge is 0.375 e. The average Bonchev–Trinajstić information content (AvgIpc) is 2.46. The van der Waals surface area contributed by atoms with Gasteiger partial charge in [0.05, 0.1) is 23.9 Å². The van der Waals surface area contributed by atoms with Crippen LogP contribution in [0.5, 0.6) is 0 Å². The van der Waals surface area contributed by atoms with Crippen LogP contribution in [0.1, 0.15) is 35.3 Å². The molecule has 0 spiro atoms. The molecule has 12 heavy (non-hydrogen) atoms. The second-order valence-corrected chi connectivity index (χ2v) is 4.49. The van der Waals surface area contributed by atoms with Gasteiger partial charge in [-0.15, -0.1) is 11.3 Å². The highest BCUT2D eigenvalue weighted by atomic mass is 32.1. The first-order valence-electron chi connectivity index (χ1n) is 4.33. The summed E-state index contributed by atoms with van der Waals surface area (Å²) in [6.45, 7) is 5.96. The zero-order valence-electron chi connectivity index (χ0n) is 7.46. The minimum Gasteiger partial charge on any atom is -0.375 e. The smallest absolute Gasteiger partial charge is 0.0957 e. The van der Waals surface area contributed by atoms with Crippen LogP contribution in [0.15, 0.2) is 0 Å². The highest BCUT2D eigenvalue weighted by Gasteiger charge is 2.16. The van der Waals surface area contributed by atoms with Crippen LogP contribution in [0.2, 0.25) is 0 Å². The molecule has 1 aliphatic heterocycles. The molecule has 0 radical (unpaired) electrons. The van der Waals surface area contributed by atoms with E-state index in [9.17, 15) is 0 Å². The molecule has 0 unspecified atom stereocenters. The minimum absolute atomic E-state index is 0.556. The molecule has 2 rings (SSSR count). The van der Waals surface area contributed by atoms with E-state index in [1.165, 1.54) is 15.6 Å². The van der Waals surface area contributed by atoms with Crippen LogP contribution >= 0.6 is 11.3 Å². The van der Waals surface area contributed by atoms with Crippen LogP contribution in [0.25, 0.3) is 0 Å². The Bertz CT molecular complexity index is 257. The summed E-state index contributed by atoms with van der Waals surface area (Å²) in [6, 6.07) is 0. The van der Waals surface area contributed by atoms with Gasteiger partial charge in [0.1, 0.15) is 0 Å². The second-order valence-electron chi connectivity index (χ2n) is 3.38. The van der Waals surface area contributed by atoms with E-state index < -0.39 is 0 Å². The first-order valence-corrected chi connectivity index (χ1v) is 5.15. The van der Waals surface area contributed by atoms with Crippen LogP contribution < -0.4 is 0 Å². The summed E-state index contributed by atoms with van der Waals surface area (Å²) in [6.07, 6.45) is 1.06. The van der Waals surface area contributed by atoms with E-state index in [0.29, 0.717) is 5.92 Å². The van der Waals surface area contributed by atoms with Gasteiger partial charge in [-0.25, -0.2) is 4.98 Å². The van der Waals surface area contributed by atoms with Crippen molar-refractivity contribution in [2.75, 3.05) is 6.61 Å². The van der Waals surface area contributed by atoms with Crippen molar-refractivity contribution in [1.82, 2.24) is 4.98 Å². The number of aromatic nitrogens is 1. The summed E-state index contributed by atoms with van der Waals surface area (Å²) < 4.78 is 5.33. The lowest BCUT2D eigenvalue weighted by atomic mass is 10.2. The summed E-state index contributed by atoms with van der Waals surface area (Å²) in [4.78, 5) is 5.98. The maximum absolute atomic E-state index is 5.33. The van der Waals surface area contributed by atoms with E-state index in [2.05, 4.69) is 18.8 Å². The van der Waals surface area contributed by atoms with Crippen molar-refractivity contribution < 1.29 is 4.74 Å². The Morgan fingerprint density at radius 3 is 3.00 bits per heavy atom. The number of hydrogen-bond donors (Lipinski definition) is 0. The molecule has 0 N–H and O–H groups in total. The molecule has 66 valence electrons. The van der Waals surface area contributed by atoms with Gasteiger partial charge in [-0.05, 0) is 0 Å². The molecular formula is C9H13NOS. The molecule has 0 aliphatic carbocycles. The van der Waals surface area contributed by atoms with Crippen molar-refractivity contribution in [3.05, 3.63) is 15.6 Å². The number of fused-ring (bicyclic) bond motifs is 1. The molecule has 0 saturated carbocycles. The molecule has 1 aromatic rings. The Kier molecular flexibility index (Phi) is 2.15. The van der Waals surface area contributed by atoms with E-state index in [4.69, 9.17) is 4.74 Å². The summed E-state index contributed by atoms with van der Waals surface area (Å²) in [5.74, 6) is 0.556. The third-order valence-electron chi connectivity index (χ3n) is 2.00. The van der Waals surface area contributed by atoms with E-state index >= 15 is 0 Å². The standard InChI is InChI=1S/C9H13NOS/c1-6(2)9-10-7-5-11-4-3-8(7)12-9/h6H,3-5H2,1-2H3. The van der Waals surface area contributed by atoms with Gasteiger partial charge in [-0.1, -0.05) is 13.8 Å². The zero-order chi connectivity index (χ0) is 8.55. The minimum atomic E-state index is 0.556. The SMILES string of the molecule is CC(C)c1nc2c(s1)CCOC2. The second kappa shape index (κ2) is 3.15. The third kappa shape index (κ3) is 1.39. The van der Waals surface area contributed by atoms with Gasteiger partial charge in [-0.2, -0.15) is 0 Å². The molecule has 2 nitrogen and oxygen atoms in total. The lowest BCUT2D eigenvalue weighted by Gasteiger charge is -2.08. The highest BCUT2D eigenvalue weighted by molar-refractivity contribution is 7.11. The Balaban J connectivity index is 2.32. The number of thiazole rings is 1. The maximum Gasteiger partial charge on any atom is 0.0957 e. The fourth-order valence-corrected chi connectivity index (χ4v) is 2.34. The molecule has 0 atom stereocenters. The van der Waals surface area contributed by atoms with Gasteiger partial charge in [0.25, 0.3) is 0 Å². The molecule has 2 heterocycles. The van der Waals surface area contributed by atoms with Crippen molar-refractivity contribution in [2.45, 2.75) is 32.8 Å². The van der Waals surface area contributed by atoms with Crippen LogP contribution in [-0.4, -0.2) is 11.6 Å². The van der Waals surface area contributed by atoms with Crippen LogP contribution in [-0.2, 0) is 17.8 Å². The van der Waals surface area contributed by atoms with Gasteiger partial charge in [0.2, 0.25) is 0 Å². The monoisotopic (exact) mass is 183 g/mol. The third-order valence-corrected chi connectivity index (χ3v) is 3.46. The first-order chi connectivity index (χ1) is 5.77. The van der Waals surface area contributed by atoms with E-state index in [1.54, 1.807) is 0 Å². The van der Waals surface area contributed by atoms with Crippen molar-refractivity contribution >= 4 is 11.3 Å². The zero-order valence-corrected chi connectivity index (χ0v) is 8.28. The summed E-state index contributed by atoms with van der Waals surface area (Å²) in [5.41, 5.74) is 1.18. The van der Waals surface area contributed by atoms with Crippen molar-refractivity contribution in [2.24, 2.45) is 0 Å². The lowest BCUT2D eigenvalue weighted by Crippen LogP contribution is -2.07. The van der Waals surface area contributed by atoms with Crippen LogP contribution in [0.3, 0.4) is 0 Å². The van der Waals surface area contributed by atoms with Gasteiger partial charge in [0.15, 0.2) is 0 Å². The summed E-state index contributed by atoms with van der Waals surface area (Å²) in [5, 5.41) is 1.26. The summed E-state index contributed by atoms with van der Waals surface area (Å²) >= 11 is 1.85. The van der Waals surface area contributed by atoms with Gasteiger partial charge in [-0.3, -0.25) is 0 Å². The quantitative estimate of drug-likeness (QED) is 0.666. The predicted molar refractivity (Wildman–Crippen MR) is 49.6 cm³/mol. The fourth-order valence-electron chi connectivity index (χ4n) is 1.29. The first kappa shape index (κ1) is 8.20. The molecule has 1 aromatic heterocycles. The van der Waals surface area contributed by atoms with E-state index in [0.717, 1.165) is 19.6 Å². The lowest BCUT2D eigenvalue weighted by molar-refractivity contribution is 0.109. The molecule has 3 heteroatoms. The Morgan fingerprint density at radius 2 is 2.33 bits per heavy atom. The van der Waals surface area contributed by atoms with Gasteiger partial charge >= 0.3 is 0 Å². The fraction of sp³-hybridized carbons (Fsp3) is 0.667. The molecular weight excluding hydrogens is 170 g/mol. The molecule has 1 aliphatic rings. The maximum atomic E-state index is 5.33. The average molecular weight is 183 g/mol. The molecule has 0 aromatic carbocycles. The normalized spacial score (nSPS) is 16.6. The topological polar surface area (TPSA) is 22.1 Å². The van der Waals surface area contributed by atoms with Crippen LogP contribution in [0, 0.1) is 0 Å². The number of hydrogen-bond acceptors (Lipinski definition) is 3. The van der Waals surface area contributed by atoms with Crippen molar-refractivity contribution in [3.63, 3.8) is 0 Å². The Labute approximate surface area is 76.6 Å². The Morgan fingerprint density at radius 1 is 1.50 bits per heavy atom. The van der Waals surface area contributed by atoms with Crippen molar-refractivity contribution in [3.8, 4) is 0 Å². The Hall–Kier alpha value is -0.410. The predicted octanol–water partition coefficient (Wildman–Crippen LogP) is 2.34. The molecule has 0 amide bonds. The van der Waals surface area contributed by atoms with E-state index in [-0.39, 0.29) is 0 Å². The molecule has 0 fully saturated rings. The summed E-state index contributed by atoms with van der Waals surface area (Å²) in [7, 11) is 0. The number of rotatable bonds is 1. The number of ether oxygens (including phenoxy) is 1. The van der Waals surface area contributed by atoms with Crippen molar-refractivity contribution in [1.29, 1.82) is 0 Å². The molecule has 0 saturated heterocycles. The van der Waals surface area contributed by atoms with Crippen LogP contribution in [0.4, 0.5) is 0 Å². The van der Waals surface area contributed by atoms with E-state index in [1.807, 2.05) is 11.3 Å². The van der Waals surface area contributed by atoms with Gasteiger partial charge < -0.3 is 4.74 Å².